The largest absolute Gasteiger partial charge is 0.449 e. The Labute approximate surface area is 36.1 Å². The molecule has 0 saturated heterocycles. The zero-order valence-corrected chi connectivity index (χ0v) is 3.55. The van der Waals surface area contributed by atoms with Crippen LogP contribution in [0.2, 0.25) is 0 Å². The molecule has 2 N–H and O–H groups in total. The molecule has 0 aliphatic heterocycles. The smallest absolute Gasteiger partial charge is 0.294 e. The summed E-state index contributed by atoms with van der Waals surface area (Å²) in [5.41, 5.74) is 4.95. The first-order valence-electron chi connectivity index (χ1n) is 1.62. The van der Waals surface area contributed by atoms with Gasteiger partial charge in [-0.2, -0.15) is 0 Å². The third-order valence-electron chi connectivity index (χ3n) is 0.270. The lowest BCUT2D eigenvalue weighted by molar-refractivity contribution is -0.132. The second-order valence-electron chi connectivity index (χ2n) is 0.937. The van der Waals surface area contributed by atoms with Crippen LogP contribution in [-0.4, -0.2) is 12.7 Å². The van der Waals surface area contributed by atoms with Gasteiger partial charge in [-0.15, -0.1) is 0 Å². The Balaban J connectivity index is 2.81. The molecule has 0 spiro atoms. The van der Waals surface area contributed by atoms with Crippen LogP contribution >= 0.6 is 0 Å². The summed E-state index contributed by atoms with van der Waals surface area (Å²) < 4.78 is 4.14. The molecule has 3 heteroatoms. The van der Waals surface area contributed by atoms with Gasteiger partial charge in [-0.05, 0) is 6.92 Å². The number of ether oxygens (including phenoxy) is 1. The van der Waals surface area contributed by atoms with E-state index in [4.69, 9.17) is 5.73 Å². The van der Waals surface area contributed by atoms with Gasteiger partial charge in [0.2, 0.25) is 0 Å². The van der Waals surface area contributed by atoms with Crippen LogP contribution in [0.1, 0.15) is 6.92 Å². The molecule has 1 atom stereocenters. The Morgan fingerprint density at radius 3 is 2.50 bits per heavy atom. The molecule has 0 fully saturated rings. The van der Waals surface area contributed by atoms with Crippen LogP contribution in [0.25, 0.3) is 0 Å². The first kappa shape index (κ1) is 5.43. The normalized spacial score (nSPS) is 13.0. The Morgan fingerprint density at radius 2 is 2.50 bits per heavy atom. The maximum absolute atomic E-state index is 9.31. The summed E-state index contributed by atoms with van der Waals surface area (Å²) >= 11 is 0. The quantitative estimate of drug-likeness (QED) is 0.365. The summed E-state index contributed by atoms with van der Waals surface area (Å²) in [5, 5.41) is 0. The SMILES string of the molecule is C[C@@H](N)OC=O. The highest BCUT2D eigenvalue weighted by Gasteiger charge is 1.83. The molecule has 3 nitrogen and oxygen atoms in total. The van der Waals surface area contributed by atoms with E-state index in [0.29, 0.717) is 6.47 Å². The first-order chi connectivity index (χ1) is 2.77. The molecule has 0 aromatic heterocycles. The summed E-state index contributed by atoms with van der Waals surface area (Å²) in [6, 6.07) is 0. The van der Waals surface area contributed by atoms with Crippen molar-refractivity contribution in [1.29, 1.82) is 0 Å². The van der Waals surface area contributed by atoms with Gasteiger partial charge in [-0.3, -0.25) is 10.5 Å². The van der Waals surface area contributed by atoms with Crippen molar-refractivity contribution in [2.24, 2.45) is 5.73 Å². The molecule has 36 valence electrons. The number of carbonyl (C=O) groups excluding carboxylic acids is 1. The van der Waals surface area contributed by atoms with Crippen molar-refractivity contribution in [3.8, 4) is 0 Å². The predicted octanol–water partition coefficient (Wildman–Crippen LogP) is -0.536. The van der Waals surface area contributed by atoms with Crippen LogP contribution in [0.3, 0.4) is 0 Å². The van der Waals surface area contributed by atoms with Crippen LogP contribution in [0.15, 0.2) is 0 Å². The Bertz CT molecular complexity index is 44.1. The molecule has 0 saturated carbocycles. The molecule has 0 aromatic carbocycles. The number of rotatable bonds is 2. The predicted molar refractivity (Wildman–Crippen MR) is 20.8 cm³/mol. The summed E-state index contributed by atoms with van der Waals surface area (Å²) in [7, 11) is 0. The highest BCUT2D eigenvalue weighted by molar-refractivity contribution is 5.37. The van der Waals surface area contributed by atoms with Crippen LogP contribution in [-0.2, 0) is 9.53 Å². The fraction of sp³-hybridized carbons (Fsp3) is 0.667. The highest BCUT2D eigenvalue weighted by atomic mass is 16.5. The molecule has 0 radical (unpaired) electrons. The number of carbonyl (C=O) groups is 1. The van der Waals surface area contributed by atoms with E-state index in [-0.39, 0.29) is 0 Å². The minimum absolute atomic E-state index is 0.324. The maximum Gasteiger partial charge on any atom is 0.294 e. The summed E-state index contributed by atoms with van der Waals surface area (Å²) in [6.07, 6.45) is -0.470. The standard InChI is InChI=1S/C3H7NO2/c1-3(4)6-2-5/h2-3H,4H2,1H3/t3-/m0/s1. The van der Waals surface area contributed by atoms with Gasteiger partial charge in [0.25, 0.3) is 6.47 Å². The van der Waals surface area contributed by atoms with E-state index in [9.17, 15) is 4.79 Å². The first-order valence-corrected chi connectivity index (χ1v) is 1.62. The lowest BCUT2D eigenvalue weighted by Gasteiger charge is -1.96. The van der Waals surface area contributed by atoms with E-state index < -0.39 is 6.23 Å². The van der Waals surface area contributed by atoms with Crippen molar-refractivity contribution in [3.63, 3.8) is 0 Å². The van der Waals surface area contributed by atoms with Crippen molar-refractivity contribution in [1.82, 2.24) is 0 Å². The molecule has 0 amide bonds. The summed E-state index contributed by atoms with van der Waals surface area (Å²) in [6.45, 7) is 1.90. The molecule has 0 unspecified atom stereocenters. The zero-order valence-electron chi connectivity index (χ0n) is 3.55. The lowest BCUT2D eigenvalue weighted by Crippen LogP contribution is -2.17. The van der Waals surface area contributed by atoms with E-state index in [0.717, 1.165) is 0 Å². The van der Waals surface area contributed by atoms with Gasteiger partial charge >= 0.3 is 0 Å². The molecule has 0 aromatic rings. The van der Waals surface area contributed by atoms with Crippen molar-refractivity contribution in [3.05, 3.63) is 0 Å². The van der Waals surface area contributed by atoms with E-state index >= 15 is 0 Å². The average Bonchev–Trinajstić information content (AvgIpc) is 1.35. The molecule has 0 rings (SSSR count). The third-order valence-corrected chi connectivity index (χ3v) is 0.270. The van der Waals surface area contributed by atoms with E-state index in [2.05, 4.69) is 4.74 Å². The van der Waals surface area contributed by atoms with Gasteiger partial charge in [0.15, 0.2) is 0 Å². The molecule has 6 heavy (non-hydrogen) atoms. The van der Waals surface area contributed by atoms with Crippen molar-refractivity contribution >= 4 is 6.47 Å². The highest BCUT2D eigenvalue weighted by Crippen LogP contribution is 1.68. The second kappa shape index (κ2) is 2.66. The van der Waals surface area contributed by atoms with E-state index in [1.54, 1.807) is 6.92 Å². The number of nitrogens with two attached hydrogens (primary N) is 1. The van der Waals surface area contributed by atoms with E-state index in [1.165, 1.54) is 0 Å². The average molecular weight is 89.1 g/mol. The van der Waals surface area contributed by atoms with Gasteiger partial charge < -0.3 is 4.74 Å². The molecule has 0 aliphatic carbocycles. The van der Waals surface area contributed by atoms with Gasteiger partial charge in [0.1, 0.15) is 6.23 Å². The van der Waals surface area contributed by atoms with E-state index in [1.807, 2.05) is 0 Å². The van der Waals surface area contributed by atoms with Crippen molar-refractivity contribution in [2.45, 2.75) is 13.2 Å². The third kappa shape index (κ3) is 3.43. The van der Waals surface area contributed by atoms with Crippen LogP contribution in [0, 0.1) is 0 Å². The fourth-order valence-electron chi connectivity index (χ4n) is 0.0876. The Morgan fingerprint density at radius 1 is 2.00 bits per heavy atom. The summed E-state index contributed by atoms with van der Waals surface area (Å²) in [5.74, 6) is 0. The molecular weight excluding hydrogens is 82.0 g/mol. The van der Waals surface area contributed by atoms with Gasteiger partial charge in [0.05, 0.1) is 0 Å². The molecular formula is C3H7NO2. The zero-order chi connectivity index (χ0) is 4.99. The van der Waals surface area contributed by atoms with Crippen LogP contribution in [0.5, 0.6) is 0 Å². The van der Waals surface area contributed by atoms with Gasteiger partial charge in [-0.25, -0.2) is 0 Å². The van der Waals surface area contributed by atoms with Crippen LogP contribution < -0.4 is 5.73 Å². The molecule has 0 heterocycles. The van der Waals surface area contributed by atoms with Gasteiger partial charge in [-0.1, -0.05) is 0 Å². The van der Waals surface area contributed by atoms with Gasteiger partial charge in [0, 0.05) is 0 Å². The maximum atomic E-state index is 9.31. The molecule has 0 aliphatic rings. The lowest BCUT2D eigenvalue weighted by atomic mass is 10.7. The number of hydrogen-bond donors (Lipinski definition) is 1. The second-order valence-corrected chi connectivity index (χ2v) is 0.937. The minimum atomic E-state index is -0.470. The van der Waals surface area contributed by atoms with Crippen molar-refractivity contribution < 1.29 is 9.53 Å². The minimum Gasteiger partial charge on any atom is -0.449 e. The number of hydrogen-bond acceptors (Lipinski definition) is 3. The monoisotopic (exact) mass is 89.0 g/mol. The Kier molecular flexibility index (Phi) is 2.40. The summed E-state index contributed by atoms with van der Waals surface area (Å²) in [4.78, 5) is 9.31. The fourth-order valence-corrected chi connectivity index (χ4v) is 0.0876. The topological polar surface area (TPSA) is 52.3 Å². The Hall–Kier alpha value is -0.570. The van der Waals surface area contributed by atoms with Crippen molar-refractivity contribution in [2.75, 3.05) is 0 Å². The van der Waals surface area contributed by atoms with Crippen LogP contribution in [0.4, 0.5) is 0 Å². The molecule has 0 bridgehead atoms.